The van der Waals surface area contributed by atoms with Crippen LogP contribution in [0.15, 0.2) is 36.4 Å². The topological polar surface area (TPSA) is 59.6 Å². The van der Waals surface area contributed by atoms with Crippen LogP contribution in [0, 0.1) is 24.7 Å². The average molecular weight is 483 g/mol. The van der Waals surface area contributed by atoms with Crippen molar-refractivity contribution in [3.05, 3.63) is 52.5 Å². The van der Waals surface area contributed by atoms with Gasteiger partial charge in [0.15, 0.2) is 18.1 Å². The van der Waals surface area contributed by atoms with Crippen LogP contribution in [0.4, 0.5) is 5.69 Å². The van der Waals surface area contributed by atoms with E-state index in [1.54, 1.807) is 6.07 Å². The van der Waals surface area contributed by atoms with Gasteiger partial charge in [-0.15, -0.1) is 0 Å². The number of nitrogens with one attached hydrogen (secondary N) is 2. The number of hydrogen-bond acceptors (Lipinski definition) is 4. The summed E-state index contributed by atoms with van der Waals surface area (Å²) < 4.78 is 11.7. The highest BCUT2D eigenvalue weighted by molar-refractivity contribution is 6.31. The monoisotopic (exact) mass is 482 g/mol. The van der Waals surface area contributed by atoms with Crippen LogP contribution in [0.25, 0.3) is 0 Å². The van der Waals surface area contributed by atoms with Crippen LogP contribution >= 0.6 is 11.6 Å². The van der Waals surface area contributed by atoms with Crippen LogP contribution in [-0.2, 0) is 11.3 Å². The van der Waals surface area contributed by atoms with Gasteiger partial charge in [-0.05, 0) is 93.9 Å². The summed E-state index contributed by atoms with van der Waals surface area (Å²) in [5.74, 6) is 3.58. The number of hydrogen-bond donors (Lipinski definition) is 2. The number of benzene rings is 2. The lowest BCUT2D eigenvalue weighted by Gasteiger charge is -2.57. The Labute approximate surface area is 207 Å². The van der Waals surface area contributed by atoms with Crippen molar-refractivity contribution in [1.82, 2.24) is 5.32 Å². The minimum absolute atomic E-state index is 0.116. The number of amides is 1. The molecular weight excluding hydrogens is 448 g/mol. The molecule has 0 radical (unpaired) electrons. The fraction of sp³-hybridized carbons (Fsp3) is 0.536. The molecule has 2 N–H and O–H groups in total. The van der Waals surface area contributed by atoms with E-state index in [1.807, 2.05) is 44.2 Å². The smallest absolute Gasteiger partial charge is 0.262 e. The third-order valence-electron chi connectivity index (χ3n) is 7.80. The molecule has 4 saturated carbocycles. The first kappa shape index (κ1) is 23.5. The van der Waals surface area contributed by atoms with Crippen LogP contribution in [-0.4, -0.2) is 24.7 Å². The third-order valence-corrected chi connectivity index (χ3v) is 8.15. The number of anilines is 1. The summed E-state index contributed by atoms with van der Waals surface area (Å²) in [4.78, 5) is 12.4. The van der Waals surface area contributed by atoms with E-state index in [2.05, 4.69) is 10.6 Å². The van der Waals surface area contributed by atoms with Gasteiger partial charge in [0.25, 0.3) is 5.91 Å². The first-order valence-electron chi connectivity index (χ1n) is 12.6. The number of ether oxygens (including phenoxy) is 2. The normalized spacial score (nSPS) is 27.0. The van der Waals surface area contributed by atoms with Gasteiger partial charge in [-0.1, -0.05) is 29.3 Å². The highest BCUT2D eigenvalue weighted by Gasteiger charge is 2.50. The van der Waals surface area contributed by atoms with Crippen molar-refractivity contribution in [2.75, 3.05) is 18.5 Å². The molecule has 34 heavy (non-hydrogen) atoms. The van der Waals surface area contributed by atoms with Gasteiger partial charge in [-0.25, -0.2) is 0 Å². The summed E-state index contributed by atoms with van der Waals surface area (Å²) in [5.41, 5.74) is 3.17. The van der Waals surface area contributed by atoms with Crippen LogP contribution in [0.2, 0.25) is 5.02 Å². The molecule has 182 valence electrons. The van der Waals surface area contributed by atoms with Crippen molar-refractivity contribution in [3.8, 4) is 11.5 Å². The van der Waals surface area contributed by atoms with Crippen molar-refractivity contribution >= 4 is 23.2 Å². The molecule has 0 aliphatic heterocycles. The Morgan fingerprint density at radius 3 is 2.24 bits per heavy atom. The largest absolute Gasteiger partial charge is 0.490 e. The van der Waals surface area contributed by atoms with Gasteiger partial charge in [0.1, 0.15) is 0 Å². The fourth-order valence-corrected chi connectivity index (χ4v) is 6.90. The lowest BCUT2D eigenvalue weighted by atomic mass is 9.53. The Bertz CT molecular complexity index is 1000. The van der Waals surface area contributed by atoms with E-state index in [1.165, 1.54) is 38.5 Å². The van der Waals surface area contributed by atoms with Crippen molar-refractivity contribution in [1.29, 1.82) is 0 Å². The summed E-state index contributed by atoms with van der Waals surface area (Å²) in [6, 6.07) is 11.4. The van der Waals surface area contributed by atoms with E-state index in [-0.39, 0.29) is 18.1 Å². The molecule has 4 aliphatic rings. The standard InChI is InChI=1S/C28H35ClN2O3/c1-3-33-25-11-22(16-30-28-13-19-8-20(14-28)10-21(9-19)15-28)24(29)12-26(25)34-17-27(32)31-23-6-4-18(2)5-7-23/h4-7,11-12,19-21,30H,3,8-10,13-17H2,1-2H3,(H,31,32). The Kier molecular flexibility index (Phi) is 6.76. The Morgan fingerprint density at radius 2 is 1.62 bits per heavy atom. The summed E-state index contributed by atoms with van der Waals surface area (Å²) in [6.45, 7) is 5.07. The molecule has 0 heterocycles. The third kappa shape index (κ3) is 5.21. The van der Waals surface area contributed by atoms with Gasteiger partial charge in [0.05, 0.1) is 6.61 Å². The summed E-state index contributed by atoms with van der Waals surface area (Å²) >= 11 is 6.67. The molecular formula is C28H35ClN2O3. The first-order chi connectivity index (χ1) is 16.4. The predicted octanol–water partition coefficient (Wildman–Crippen LogP) is 6.12. The molecule has 1 amide bonds. The van der Waals surface area contributed by atoms with E-state index in [0.717, 1.165) is 41.1 Å². The molecule has 6 rings (SSSR count). The highest BCUT2D eigenvalue weighted by atomic mass is 35.5. The number of rotatable bonds is 9. The van der Waals surface area contributed by atoms with Gasteiger partial charge >= 0.3 is 0 Å². The van der Waals surface area contributed by atoms with Gasteiger partial charge in [0.2, 0.25) is 0 Å². The molecule has 2 aromatic rings. The second kappa shape index (κ2) is 9.79. The maximum absolute atomic E-state index is 12.4. The van der Waals surface area contributed by atoms with Gasteiger partial charge in [0, 0.05) is 28.9 Å². The molecule has 6 heteroatoms. The van der Waals surface area contributed by atoms with E-state index < -0.39 is 0 Å². The Balaban J connectivity index is 1.23. The van der Waals surface area contributed by atoms with Crippen LogP contribution < -0.4 is 20.1 Å². The number of carbonyl (C=O) groups is 1. The molecule has 0 aromatic heterocycles. The minimum atomic E-state index is -0.227. The van der Waals surface area contributed by atoms with Gasteiger partial charge < -0.3 is 20.1 Å². The fourth-order valence-electron chi connectivity index (χ4n) is 6.68. The number of carbonyl (C=O) groups excluding carboxylic acids is 1. The molecule has 4 bridgehead atoms. The number of halogens is 1. The van der Waals surface area contributed by atoms with E-state index >= 15 is 0 Å². The quantitative estimate of drug-likeness (QED) is 0.451. The van der Waals surface area contributed by atoms with Crippen molar-refractivity contribution < 1.29 is 14.3 Å². The Morgan fingerprint density at radius 1 is 1.00 bits per heavy atom. The molecule has 5 nitrogen and oxygen atoms in total. The van der Waals surface area contributed by atoms with Crippen LogP contribution in [0.5, 0.6) is 11.5 Å². The van der Waals surface area contributed by atoms with Crippen molar-refractivity contribution in [2.24, 2.45) is 17.8 Å². The van der Waals surface area contributed by atoms with Gasteiger partial charge in [-0.3, -0.25) is 4.79 Å². The lowest BCUT2D eigenvalue weighted by molar-refractivity contribution is -0.118. The van der Waals surface area contributed by atoms with E-state index in [9.17, 15) is 4.79 Å². The minimum Gasteiger partial charge on any atom is -0.490 e. The predicted molar refractivity (Wildman–Crippen MR) is 136 cm³/mol. The zero-order chi connectivity index (χ0) is 23.7. The lowest BCUT2D eigenvalue weighted by Crippen LogP contribution is -2.58. The van der Waals surface area contributed by atoms with E-state index in [0.29, 0.717) is 23.1 Å². The molecule has 4 fully saturated rings. The zero-order valence-corrected chi connectivity index (χ0v) is 20.9. The van der Waals surface area contributed by atoms with Crippen molar-refractivity contribution in [3.63, 3.8) is 0 Å². The van der Waals surface area contributed by atoms with Crippen LogP contribution in [0.1, 0.15) is 56.6 Å². The maximum atomic E-state index is 12.4. The highest BCUT2D eigenvalue weighted by Crippen LogP contribution is 2.55. The molecule has 0 saturated heterocycles. The summed E-state index contributed by atoms with van der Waals surface area (Å²) in [6.07, 6.45) is 8.18. The van der Waals surface area contributed by atoms with Crippen LogP contribution in [0.3, 0.4) is 0 Å². The first-order valence-corrected chi connectivity index (χ1v) is 13.0. The SMILES string of the molecule is CCOc1cc(CNC23CC4CC(CC(C4)C2)C3)c(Cl)cc1OCC(=O)Nc1ccc(C)cc1. The molecule has 2 aromatic carbocycles. The number of aryl methyl sites for hydroxylation is 1. The second-order valence-corrected chi connectivity index (χ2v) is 11.0. The maximum Gasteiger partial charge on any atom is 0.262 e. The average Bonchev–Trinajstić information content (AvgIpc) is 2.79. The Hall–Kier alpha value is -2.24. The summed E-state index contributed by atoms with van der Waals surface area (Å²) in [5, 5.41) is 7.40. The molecule has 0 atom stereocenters. The summed E-state index contributed by atoms with van der Waals surface area (Å²) in [7, 11) is 0. The zero-order valence-electron chi connectivity index (χ0n) is 20.2. The van der Waals surface area contributed by atoms with E-state index in [4.69, 9.17) is 21.1 Å². The second-order valence-electron chi connectivity index (χ2n) is 10.6. The molecule has 0 spiro atoms. The van der Waals surface area contributed by atoms with Crippen molar-refractivity contribution in [2.45, 2.75) is 64.5 Å². The van der Waals surface area contributed by atoms with Gasteiger partial charge in [-0.2, -0.15) is 0 Å². The molecule has 4 aliphatic carbocycles. The molecule has 0 unspecified atom stereocenters.